The molecule has 1 aromatic rings. The molecule has 0 unspecified atom stereocenters. The molecule has 1 heteroatoms. The summed E-state index contributed by atoms with van der Waals surface area (Å²) in [5, 5.41) is 0. The molecule has 1 rings (SSSR count). The largest absolute Gasteiger partial charge is 0.261 e. The highest BCUT2D eigenvalue weighted by molar-refractivity contribution is 5.62. The van der Waals surface area contributed by atoms with E-state index in [0.29, 0.717) is 0 Å². The smallest absolute Gasteiger partial charge is 0.0625 e. The molecule has 0 aromatic heterocycles. The Morgan fingerprint density at radius 2 is 1.80 bits per heavy atom. The van der Waals surface area contributed by atoms with E-state index in [2.05, 4.69) is 24.1 Å². The standard InChI is InChI=1S/C14H19N/c1-2-3-4-5-6-10-13-15-14-11-8-7-9-12-14/h2-3,7-9,11-13H,4-6,10H2,1H3/b3-2+,15-13?. The Bertz CT molecular complexity index is 298. The summed E-state index contributed by atoms with van der Waals surface area (Å²) < 4.78 is 0. The van der Waals surface area contributed by atoms with Crippen molar-refractivity contribution in [2.45, 2.75) is 32.6 Å². The number of aliphatic imine (C=N–C) groups is 1. The summed E-state index contributed by atoms with van der Waals surface area (Å²) in [5.74, 6) is 0. The van der Waals surface area contributed by atoms with Crippen LogP contribution in [0.4, 0.5) is 5.69 Å². The number of unbranched alkanes of at least 4 members (excludes halogenated alkanes) is 3. The molecule has 0 saturated heterocycles. The van der Waals surface area contributed by atoms with Crippen LogP contribution in [0.1, 0.15) is 32.6 Å². The first-order chi connectivity index (χ1) is 7.43. The van der Waals surface area contributed by atoms with Crippen LogP contribution in [0, 0.1) is 0 Å². The lowest BCUT2D eigenvalue weighted by molar-refractivity contribution is 0.782. The van der Waals surface area contributed by atoms with Gasteiger partial charge in [-0.2, -0.15) is 0 Å². The molecule has 0 fully saturated rings. The van der Waals surface area contributed by atoms with Gasteiger partial charge in [0.05, 0.1) is 5.69 Å². The van der Waals surface area contributed by atoms with Gasteiger partial charge in [0.2, 0.25) is 0 Å². The summed E-state index contributed by atoms with van der Waals surface area (Å²) in [4.78, 5) is 4.38. The van der Waals surface area contributed by atoms with Crippen molar-refractivity contribution in [1.82, 2.24) is 0 Å². The average molecular weight is 201 g/mol. The van der Waals surface area contributed by atoms with Crippen molar-refractivity contribution in [3.8, 4) is 0 Å². The number of allylic oxidation sites excluding steroid dienone is 2. The van der Waals surface area contributed by atoms with Gasteiger partial charge in [-0.1, -0.05) is 30.4 Å². The topological polar surface area (TPSA) is 12.4 Å². The molecule has 0 amide bonds. The third kappa shape index (κ3) is 5.84. The van der Waals surface area contributed by atoms with E-state index in [1.807, 2.05) is 36.5 Å². The molecule has 0 saturated carbocycles. The molecule has 1 nitrogen and oxygen atoms in total. The molecule has 0 aliphatic carbocycles. The Hall–Kier alpha value is -1.37. The van der Waals surface area contributed by atoms with E-state index in [0.717, 1.165) is 12.1 Å². The van der Waals surface area contributed by atoms with Crippen molar-refractivity contribution >= 4 is 11.9 Å². The zero-order chi connectivity index (χ0) is 10.8. The molecule has 0 spiro atoms. The molecule has 0 atom stereocenters. The fraction of sp³-hybridized carbons (Fsp3) is 0.357. The Balaban J connectivity index is 2.12. The molecule has 15 heavy (non-hydrogen) atoms. The van der Waals surface area contributed by atoms with E-state index in [1.54, 1.807) is 0 Å². The molecule has 0 radical (unpaired) electrons. The van der Waals surface area contributed by atoms with Gasteiger partial charge >= 0.3 is 0 Å². The highest BCUT2D eigenvalue weighted by atomic mass is 14.7. The van der Waals surface area contributed by atoms with Gasteiger partial charge in [0, 0.05) is 6.21 Å². The highest BCUT2D eigenvalue weighted by Crippen LogP contribution is 2.09. The average Bonchev–Trinajstić information content (AvgIpc) is 2.29. The van der Waals surface area contributed by atoms with E-state index in [4.69, 9.17) is 0 Å². The van der Waals surface area contributed by atoms with Crippen LogP contribution in [0.5, 0.6) is 0 Å². The van der Waals surface area contributed by atoms with Crippen molar-refractivity contribution in [2.75, 3.05) is 0 Å². The molecule has 0 heterocycles. The minimum absolute atomic E-state index is 1.05. The molecular weight excluding hydrogens is 182 g/mol. The highest BCUT2D eigenvalue weighted by Gasteiger charge is 1.85. The molecule has 1 aromatic carbocycles. The normalized spacial score (nSPS) is 11.5. The lowest BCUT2D eigenvalue weighted by atomic mass is 10.2. The van der Waals surface area contributed by atoms with E-state index >= 15 is 0 Å². The lowest BCUT2D eigenvalue weighted by Gasteiger charge is -1.93. The van der Waals surface area contributed by atoms with Gasteiger partial charge in [-0.3, -0.25) is 4.99 Å². The summed E-state index contributed by atoms with van der Waals surface area (Å²) in [7, 11) is 0. The first-order valence-corrected chi connectivity index (χ1v) is 5.62. The summed E-state index contributed by atoms with van der Waals surface area (Å²) in [6.07, 6.45) is 11.1. The number of para-hydroxylation sites is 1. The van der Waals surface area contributed by atoms with Crippen molar-refractivity contribution in [3.05, 3.63) is 42.5 Å². The number of benzene rings is 1. The second-order valence-corrected chi connectivity index (χ2v) is 3.50. The van der Waals surface area contributed by atoms with Crippen molar-refractivity contribution in [3.63, 3.8) is 0 Å². The Labute approximate surface area is 92.6 Å². The van der Waals surface area contributed by atoms with Crippen LogP contribution < -0.4 is 0 Å². The van der Waals surface area contributed by atoms with Crippen LogP contribution in [-0.2, 0) is 0 Å². The fourth-order valence-corrected chi connectivity index (χ4v) is 1.35. The number of nitrogens with zero attached hydrogens (tertiary/aromatic N) is 1. The zero-order valence-electron chi connectivity index (χ0n) is 9.39. The van der Waals surface area contributed by atoms with Gasteiger partial charge in [0.25, 0.3) is 0 Å². The predicted octanol–water partition coefficient (Wildman–Crippen LogP) is 4.53. The van der Waals surface area contributed by atoms with E-state index < -0.39 is 0 Å². The van der Waals surface area contributed by atoms with Gasteiger partial charge in [0.1, 0.15) is 0 Å². The Kier molecular flexibility index (Phi) is 6.23. The van der Waals surface area contributed by atoms with Crippen molar-refractivity contribution in [1.29, 1.82) is 0 Å². The van der Waals surface area contributed by atoms with Crippen LogP contribution in [0.2, 0.25) is 0 Å². The van der Waals surface area contributed by atoms with Gasteiger partial charge in [-0.05, 0) is 44.7 Å². The second-order valence-electron chi connectivity index (χ2n) is 3.50. The zero-order valence-corrected chi connectivity index (χ0v) is 9.39. The second kappa shape index (κ2) is 7.98. The number of rotatable bonds is 6. The van der Waals surface area contributed by atoms with Gasteiger partial charge in [0.15, 0.2) is 0 Å². The molecule has 0 bridgehead atoms. The maximum Gasteiger partial charge on any atom is 0.0625 e. The SMILES string of the molecule is C/C=C/CCCCC=Nc1ccccc1. The summed E-state index contributed by atoms with van der Waals surface area (Å²) in [6, 6.07) is 10.1. The summed E-state index contributed by atoms with van der Waals surface area (Å²) >= 11 is 0. The maximum absolute atomic E-state index is 4.38. The third-order valence-corrected chi connectivity index (χ3v) is 2.19. The lowest BCUT2D eigenvalue weighted by Crippen LogP contribution is -1.77. The van der Waals surface area contributed by atoms with Crippen LogP contribution in [-0.4, -0.2) is 6.21 Å². The van der Waals surface area contributed by atoms with Crippen molar-refractivity contribution < 1.29 is 0 Å². The van der Waals surface area contributed by atoms with Gasteiger partial charge in [-0.25, -0.2) is 0 Å². The first-order valence-electron chi connectivity index (χ1n) is 5.62. The minimum atomic E-state index is 1.05. The fourth-order valence-electron chi connectivity index (χ4n) is 1.35. The quantitative estimate of drug-likeness (QED) is 0.364. The van der Waals surface area contributed by atoms with Crippen LogP contribution in [0.15, 0.2) is 47.5 Å². The van der Waals surface area contributed by atoms with E-state index in [-0.39, 0.29) is 0 Å². The molecule has 0 N–H and O–H groups in total. The van der Waals surface area contributed by atoms with E-state index in [9.17, 15) is 0 Å². The van der Waals surface area contributed by atoms with Gasteiger partial charge < -0.3 is 0 Å². The first kappa shape index (κ1) is 11.7. The number of hydrogen-bond donors (Lipinski definition) is 0. The maximum atomic E-state index is 4.38. The molecule has 0 aliphatic heterocycles. The molecule has 0 aliphatic rings. The Morgan fingerprint density at radius 3 is 2.53 bits per heavy atom. The van der Waals surface area contributed by atoms with Crippen LogP contribution >= 0.6 is 0 Å². The number of hydrogen-bond acceptors (Lipinski definition) is 1. The Morgan fingerprint density at radius 1 is 1.07 bits per heavy atom. The summed E-state index contributed by atoms with van der Waals surface area (Å²) in [5.41, 5.74) is 1.05. The molecular formula is C14H19N. The summed E-state index contributed by atoms with van der Waals surface area (Å²) in [6.45, 7) is 2.07. The van der Waals surface area contributed by atoms with Crippen LogP contribution in [0.3, 0.4) is 0 Å². The predicted molar refractivity (Wildman–Crippen MR) is 67.9 cm³/mol. The minimum Gasteiger partial charge on any atom is -0.261 e. The third-order valence-electron chi connectivity index (χ3n) is 2.19. The van der Waals surface area contributed by atoms with Crippen LogP contribution in [0.25, 0.3) is 0 Å². The monoisotopic (exact) mass is 201 g/mol. The molecule has 80 valence electrons. The van der Waals surface area contributed by atoms with Crippen molar-refractivity contribution in [2.24, 2.45) is 4.99 Å². The van der Waals surface area contributed by atoms with Gasteiger partial charge in [-0.15, -0.1) is 0 Å². The van der Waals surface area contributed by atoms with E-state index in [1.165, 1.54) is 19.3 Å².